The van der Waals surface area contributed by atoms with Gasteiger partial charge in [-0.15, -0.1) is 0 Å². The van der Waals surface area contributed by atoms with Crippen LogP contribution in [0.1, 0.15) is 25.8 Å². The van der Waals surface area contributed by atoms with Crippen molar-refractivity contribution in [2.45, 2.75) is 26.3 Å². The molecule has 0 radical (unpaired) electrons. The summed E-state index contributed by atoms with van der Waals surface area (Å²) in [6.45, 7) is 4.98. The SMILES string of the molecule is CCC(C)N1CN=C2N=C(Cl)C(c3ccccc3Br)=CN21. The van der Waals surface area contributed by atoms with Gasteiger partial charge < -0.3 is 0 Å². The van der Waals surface area contributed by atoms with E-state index in [2.05, 4.69) is 44.8 Å². The van der Waals surface area contributed by atoms with Crippen molar-refractivity contribution in [1.82, 2.24) is 10.0 Å². The number of aliphatic imine (C=N–C) groups is 2. The number of hydrogen-bond acceptors (Lipinski definition) is 4. The average Bonchev–Trinajstić information content (AvgIpc) is 2.89. The summed E-state index contributed by atoms with van der Waals surface area (Å²) in [4.78, 5) is 8.89. The molecule has 0 fully saturated rings. The minimum absolute atomic E-state index is 0.398. The fourth-order valence-corrected chi connectivity index (χ4v) is 3.08. The maximum Gasteiger partial charge on any atom is 0.242 e. The quantitative estimate of drug-likeness (QED) is 0.806. The fraction of sp³-hybridized carbons (Fsp3) is 0.333. The van der Waals surface area contributed by atoms with Crippen LogP contribution in [0.15, 0.2) is 44.9 Å². The first-order chi connectivity index (χ1) is 10.1. The third-order valence-electron chi connectivity index (χ3n) is 3.77. The van der Waals surface area contributed by atoms with Crippen LogP contribution in [0.5, 0.6) is 0 Å². The van der Waals surface area contributed by atoms with Crippen molar-refractivity contribution in [3.05, 3.63) is 40.5 Å². The molecule has 2 aliphatic rings. The molecule has 1 aromatic carbocycles. The molecule has 1 atom stereocenters. The first-order valence-corrected chi connectivity index (χ1v) is 8.10. The first-order valence-electron chi connectivity index (χ1n) is 6.93. The largest absolute Gasteiger partial charge is 0.246 e. The van der Waals surface area contributed by atoms with Gasteiger partial charge in [0.25, 0.3) is 0 Å². The molecule has 21 heavy (non-hydrogen) atoms. The van der Waals surface area contributed by atoms with Gasteiger partial charge in [-0.05, 0) is 19.4 Å². The molecular formula is C15H16BrClN4. The van der Waals surface area contributed by atoms with Crippen LogP contribution >= 0.6 is 27.5 Å². The molecule has 1 unspecified atom stereocenters. The Morgan fingerprint density at radius 3 is 2.86 bits per heavy atom. The van der Waals surface area contributed by atoms with Gasteiger partial charge in [0.05, 0.1) is 0 Å². The van der Waals surface area contributed by atoms with Crippen LogP contribution < -0.4 is 0 Å². The molecule has 0 aliphatic carbocycles. The summed E-state index contributed by atoms with van der Waals surface area (Å²) in [6.07, 6.45) is 3.07. The van der Waals surface area contributed by atoms with Crippen molar-refractivity contribution < 1.29 is 0 Å². The Balaban J connectivity index is 2.00. The van der Waals surface area contributed by atoms with E-state index in [4.69, 9.17) is 11.6 Å². The minimum atomic E-state index is 0.398. The number of hydrogen-bond donors (Lipinski definition) is 0. The molecule has 0 amide bonds. The van der Waals surface area contributed by atoms with Crippen LogP contribution in [0.25, 0.3) is 5.57 Å². The Bertz CT molecular complexity index is 653. The maximum atomic E-state index is 6.35. The Labute approximate surface area is 137 Å². The number of benzene rings is 1. The monoisotopic (exact) mass is 366 g/mol. The average molecular weight is 368 g/mol. The van der Waals surface area contributed by atoms with Crippen molar-refractivity contribution in [3.63, 3.8) is 0 Å². The van der Waals surface area contributed by atoms with Gasteiger partial charge in [0.1, 0.15) is 11.8 Å². The Morgan fingerprint density at radius 1 is 1.38 bits per heavy atom. The molecule has 2 aliphatic heterocycles. The molecule has 0 saturated carbocycles. The van der Waals surface area contributed by atoms with Crippen molar-refractivity contribution in [3.8, 4) is 0 Å². The van der Waals surface area contributed by atoms with Gasteiger partial charge in [-0.25, -0.2) is 10.0 Å². The summed E-state index contributed by atoms with van der Waals surface area (Å²) in [5.41, 5.74) is 1.93. The Morgan fingerprint density at radius 2 is 2.14 bits per heavy atom. The van der Waals surface area contributed by atoms with Gasteiger partial charge in [0.15, 0.2) is 0 Å². The summed E-state index contributed by atoms with van der Waals surface area (Å²) in [6, 6.07) is 8.40. The summed E-state index contributed by atoms with van der Waals surface area (Å²) >= 11 is 9.92. The van der Waals surface area contributed by atoms with Gasteiger partial charge in [-0.3, -0.25) is 0 Å². The van der Waals surface area contributed by atoms with E-state index in [1.54, 1.807) is 0 Å². The van der Waals surface area contributed by atoms with Crippen molar-refractivity contribution >= 4 is 44.2 Å². The highest BCUT2D eigenvalue weighted by Crippen LogP contribution is 2.31. The highest BCUT2D eigenvalue weighted by molar-refractivity contribution is 9.10. The molecule has 0 bridgehead atoms. The van der Waals surface area contributed by atoms with Crippen LogP contribution in [0, 0.1) is 0 Å². The molecular weight excluding hydrogens is 352 g/mol. The van der Waals surface area contributed by atoms with E-state index in [1.807, 2.05) is 35.5 Å². The molecule has 0 aromatic heterocycles. The lowest BCUT2D eigenvalue weighted by Gasteiger charge is -2.33. The van der Waals surface area contributed by atoms with Crippen LogP contribution in [-0.4, -0.2) is 33.9 Å². The van der Waals surface area contributed by atoms with E-state index >= 15 is 0 Å². The molecule has 0 saturated heterocycles. The topological polar surface area (TPSA) is 31.2 Å². The second-order valence-electron chi connectivity index (χ2n) is 5.07. The maximum absolute atomic E-state index is 6.35. The van der Waals surface area contributed by atoms with E-state index in [0.29, 0.717) is 23.8 Å². The zero-order valence-corrected chi connectivity index (χ0v) is 14.3. The van der Waals surface area contributed by atoms with Crippen LogP contribution in [0.2, 0.25) is 0 Å². The molecule has 6 heteroatoms. The standard InChI is InChI=1S/C15H16BrClN4/c1-3-10(2)21-9-18-15-19-14(17)12(8-20(15)21)11-6-4-5-7-13(11)16/h4-8,10H,3,9H2,1-2H3. The number of rotatable bonds is 3. The second-order valence-corrected chi connectivity index (χ2v) is 6.28. The number of hydrazine groups is 1. The van der Waals surface area contributed by atoms with E-state index in [1.165, 1.54) is 0 Å². The van der Waals surface area contributed by atoms with Crippen LogP contribution in [-0.2, 0) is 0 Å². The predicted octanol–water partition coefficient (Wildman–Crippen LogP) is 4.09. The zero-order chi connectivity index (χ0) is 15.0. The summed E-state index contributed by atoms with van der Waals surface area (Å²) in [7, 11) is 0. The third-order valence-corrected chi connectivity index (χ3v) is 4.75. The van der Waals surface area contributed by atoms with E-state index < -0.39 is 0 Å². The van der Waals surface area contributed by atoms with E-state index in [9.17, 15) is 0 Å². The lowest BCUT2D eigenvalue weighted by atomic mass is 10.1. The van der Waals surface area contributed by atoms with Crippen molar-refractivity contribution in [1.29, 1.82) is 0 Å². The van der Waals surface area contributed by atoms with Crippen LogP contribution in [0.3, 0.4) is 0 Å². The molecule has 3 rings (SSSR count). The first kappa shape index (κ1) is 14.8. The van der Waals surface area contributed by atoms with Gasteiger partial charge in [0.2, 0.25) is 5.96 Å². The van der Waals surface area contributed by atoms with Gasteiger partial charge >= 0.3 is 0 Å². The molecule has 110 valence electrons. The van der Waals surface area contributed by atoms with Crippen molar-refractivity contribution in [2.75, 3.05) is 6.67 Å². The predicted molar refractivity (Wildman–Crippen MR) is 91.1 cm³/mol. The smallest absolute Gasteiger partial charge is 0.242 e. The highest BCUT2D eigenvalue weighted by Gasteiger charge is 2.31. The Kier molecular flexibility index (Phi) is 4.15. The second kappa shape index (κ2) is 5.91. The summed E-state index contributed by atoms with van der Waals surface area (Å²) < 4.78 is 0.999. The highest BCUT2D eigenvalue weighted by atomic mass is 79.9. The molecule has 1 aromatic rings. The molecule has 4 nitrogen and oxygen atoms in total. The van der Waals surface area contributed by atoms with Gasteiger partial charge in [-0.1, -0.05) is 52.7 Å². The lowest BCUT2D eigenvalue weighted by Crippen LogP contribution is -2.43. The van der Waals surface area contributed by atoms with E-state index in [-0.39, 0.29) is 0 Å². The zero-order valence-electron chi connectivity index (χ0n) is 11.9. The number of nitrogens with zero attached hydrogens (tertiary/aromatic N) is 4. The van der Waals surface area contributed by atoms with Crippen molar-refractivity contribution in [2.24, 2.45) is 9.98 Å². The normalized spacial score (nSPS) is 19.8. The number of allylic oxidation sites excluding steroid dienone is 1. The number of fused-ring (bicyclic) bond motifs is 1. The van der Waals surface area contributed by atoms with Gasteiger partial charge in [0, 0.05) is 27.9 Å². The fourth-order valence-electron chi connectivity index (χ4n) is 2.36. The molecule has 0 N–H and O–H groups in total. The molecule has 0 spiro atoms. The Hall–Kier alpha value is -1.17. The number of halogens is 2. The third kappa shape index (κ3) is 2.65. The lowest BCUT2D eigenvalue weighted by molar-refractivity contribution is 0.0665. The molecule has 2 heterocycles. The van der Waals surface area contributed by atoms with Gasteiger partial charge in [-0.2, -0.15) is 10.0 Å². The van der Waals surface area contributed by atoms with Crippen LogP contribution in [0.4, 0.5) is 0 Å². The number of guanidine groups is 1. The minimum Gasteiger partial charge on any atom is -0.246 e. The summed E-state index contributed by atoms with van der Waals surface area (Å²) in [5.74, 6) is 0.663. The summed E-state index contributed by atoms with van der Waals surface area (Å²) in [5, 5.41) is 4.68. The van der Waals surface area contributed by atoms with E-state index in [0.717, 1.165) is 22.0 Å².